The van der Waals surface area contributed by atoms with E-state index >= 15 is 0 Å². The van der Waals surface area contributed by atoms with Crippen molar-refractivity contribution in [2.45, 2.75) is 107 Å². The zero-order chi connectivity index (χ0) is 31.5. The third kappa shape index (κ3) is 5.11. The number of terminal acetylenes is 1. The van der Waals surface area contributed by atoms with Crippen LogP contribution >= 0.6 is 0 Å². The van der Waals surface area contributed by atoms with E-state index in [0.717, 1.165) is 90.7 Å². The fourth-order valence-electron chi connectivity index (χ4n) is 7.41. The number of hydrogen-bond donors (Lipinski definition) is 2. The summed E-state index contributed by atoms with van der Waals surface area (Å²) >= 11 is 0. The van der Waals surface area contributed by atoms with E-state index in [9.17, 15) is 0 Å². The van der Waals surface area contributed by atoms with Crippen LogP contribution in [0.15, 0.2) is 18.2 Å². The average Bonchev–Trinajstić information content (AvgIpc) is 3.76. The largest absolute Gasteiger partial charge is 0.355 e. The van der Waals surface area contributed by atoms with Gasteiger partial charge in [-0.15, -0.1) is 6.42 Å². The van der Waals surface area contributed by atoms with Crippen molar-refractivity contribution in [2.75, 3.05) is 0 Å². The van der Waals surface area contributed by atoms with Gasteiger partial charge in [-0.3, -0.25) is 0 Å². The molecule has 3 aromatic heterocycles. The van der Waals surface area contributed by atoms with Gasteiger partial charge in [0.25, 0.3) is 0 Å². The summed E-state index contributed by atoms with van der Waals surface area (Å²) in [7, 11) is 0. The minimum atomic E-state index is 0.843. The summed E-state index contributed by atoms with van der Waals surface area (Å²) in [6, 6.07) is 6.87. The average molecular weight is 583 g/mol. The van der Waals surface area contributed by atoms with Crippen molar-refractivity contribution in [1.82, 2.24) is 19.9 Å². The molecule has 0 unspecified atom stereocenters. The first-order chi connectivity index (χ1) is 21.4. The number of nitrogens with one attached hydrogen (secondary N) is 2. The molecule has 0 radical (unpaired) electrons. The molecule has 0 aromatic carbocycles. The Kier molecular flexibility index (Phi) is 9.31. The van der Waals surface area contributed by atoms with E-state index in [0.29, 0.717) is 0 Å². The number of aromatic amines is 2. The summed E-state index contributed by atoms with van der Waals surface area (Å²) in [6.07, 6.45) is 13.0. The quantitative estimate of drug-likeness (QED) is 0.260. The van der Waals surface area contributed by atoms with E-state index in [1.807, 2.05) is 0 Å². The molecule has 0 aliphatic carbocycles. The minimum absolute atomic E-state index is 0.843. The molecule has 0 spiro atoms. The highest BCUT2D eigenvalue weighted by atomic mass is 14.8. The summed E-state index contributed by atoms with van der Waals surface area (Å²) < 4.78 is 0. The summed E-state index contributed by atoms with van der Waals surface area (Å²) in [5, 5.41) is 0. The lowest BCUT2D eigenvalue weighted by atomic mass is 9.94. The van der Waals surface area contributed by atoms with Crippen LogP contribution in [0.2, 0.25) is 0 Å². The second-order valence-corrected chi connectivity index (χ2v) is 11.5. The Labute approximate surface area is 263 Å². The van der Waals surface area contributed by atoms with E-state index in [-0.39, 0.29) is 0 Å². The number of rotatable bonds is 8. The maximum atomic E-state index is 5.71. The molecule has 4 nitrogen and oxygen atoms in total. The molecule has 2 aliphatic rings. The Morgan fingerprint density at radius 2 is 0.886 bits per heavy atom. The lowest BCUT2D eigenvalue weighted by Crippen LogP contribution is -1.95. The molecule has 0 saturated carbocycles. The van der Waals surface area contributed by atoms with Crippen molar-refractivity contribution in [3.8, 4) is 24.2 Å². The van der Waals surface area contributed by atoms with E-state index in [4.69, 9.17) is 16.4 Å². The molecule has 8 bridgehead atoms. The van der Waals surface area contributed by atoms with Crippen LogP contribution in [0.1, 0.15) is 132 Å². The van der Waals surface area contributed by atoms with Crippen LogP contribution in [0, 0.1) is 24.2 Å². The monoisotopic (exact) mass is 582 g/mol. The van der Waals surface area contributed by atoms with Gasteiger partial charge in [0.1, 0.15) is 0 Å². The SMILES string of the molecule is C#CC#Cc1c2nc(cc3[nH]c(cc4[nH]c(cc5nc1C(CC)=C5CC)c(CC)c4CC)c(CC)c3CC)C(CC)=C2CC. The van der Waals surface area contributed by atoms with Gasteiger partial charge in [-0.2, -0.15) is 0 Å². The van der Waals surface area contributed by atoms with E-state index in [1.165, 1.54) is 55.6 Å². The van der Waals surface area contributed by atoms with Crippen molar-refractivity contribution >= 4 is 44.4 Å². The Balaban J connectivity index is 2.13. The topological polar surface area (TPSA) is 57.4 Å². The van der Waals surface area contributed by atoms with Gasteiger partial charge in [-0.25, -0.2) is 9.97 Å². The van der Waals surface area contributed by atoms with Gasteiger partial charge in [0.05, 0.1) is 28.3 Å². The molecule has 0 saturated heterocycles. The Hall–Kier alpha value is -4.28. The van der Waals surface area contributed by atoms with Crippen molar-refractivity contribution in [3.63, 3.8) is 0 Å². The predicted octanol–water partition coefficient (Wildman–Crippen LogP) is 10.0. The molecule has 2 aliphatic heterocycles. The molecule has 5 rings (SSSR count). The molecule has 44 heavy (non-hydrogen) atoms. The molecule has 4 heteroatoms. The minimum Gasteiger partial charge on any atom is -0.355 e. The Morgan fingerprint density at radius 1 is 0.523 bits per heavy atom. The third-order valence-corrected chi connectivity index (χ3v) is 9.36. The first kappa shape index (κ1) is 31.2. The number of aromatic nitrogens is 4. The zero-order valence-corrected chi connectivity index (χ0v) is 27.9. The van der Waals surface area contributed by atoms with E-state index < -0.39 is 0 Å². The number of H-pyrrole nitrogens is 2. The highest BCUT2D eigenvalue weighted by molar-refractivity contribution is 5.99. The number of aryl methyl sites for hydroxylation is 4. The molecule has 226 valence electrons. The first-order valence-electron chi connectivity index (χ1n) is 16.7. The number of nitrogens with zero attached hydrogens (tertiary/aromatic N) is 2. The zero-order valence-electron chi connectivity index (χ0n) is 27.9. The Bertz CT molecular complexity index is 1830. The summed E-state index contributed by atoms with van der Waals surface area (Å²) in [6.45, 7) is 17.9. The van der Waals surface area contributed by atoms with Gasteiger partial charge < -0.3 is 9.97 Å². The Morgan fingerprint density at radius 3 is 1.20 bits per heavy atom. The molecule has 0 atom stereocenters. The predicted molar refractivity (Wildman–Crippen MR) is 189 cm³/mol. The molecule has 3 aromatic rings. The highest BCUT2D eigenvalue weighted by Gasteiger charge is 2.26. The standard InChI is InChI=1S/C40H46N4/c1-10-19-20-32-39-30(17-8)28(15-6)37(43-39)22-35-26(13-4)24(11-2)33(41-35)21-34-25(12-3)27(14-5)36(42-34)23-38-29(16-7)31(18-9)40(32)44-38/h1,21-23,41-42H,11-18H2,2-9H3. The second-order valence-electron chi connectivity index (χ2n) is 11.5. The van der Waals surface area contributed by atoms with Gasteiger partial charge in [0.15, 0.2) is 0 Å². The lowest BCUT2D eigenvalue weighted by molar-refractivity contribution is 1.07. The summed E-state index contributed by atoms with van der Waals surface area (Å²) in [5.74, 6) is 8.85. The first-order valence-corrected chi connectivity index (χ1v) is 16.7. The fraction of sp³-hybridized carbons (Fsp3) is 0.400. The third-order valence-electron chi connectivity index (χ3n) is 9.36. The van der Waals surface area contributed by atoms with Crippen LogP contribution in [0.5, 0.6) is 0 Å². The van der Waals surface area contributed by atoms with Crippen molar-refractivity contribution < 1.29 is 0 Å². The van der Waals surface area contributed by atoms with Crippen LogP contribution in [0.3, 0.4) is 0 Å². The molecule has 2 N–H and O–H groups in total. The molecule has 0 fully saturated rings. The normalized spacial score (nSPS) is 12.9. The van der Waals surface area contributed by atoms with Gasteiger partial charge in [-0.05, 0) is 132 Å². The van der Waals surface area contributed by atoms with Crippen LogP contribution in [-0.4, -0.2) is 19.9 Å². The van der Waals surface area contributed by atoms with Crippen LogP contribution < -0.4 is 0 Å². The van der Waals surface area contributed by atoms with Crippen LogP contribution in [0.25, 0.3) is 44.4 Å². The number of hydrogen-bond acceptors (Lipinski definition) is 2. The van der Waals surface area contributed by atoms with Crippen LogP contribution in [0.4, 0.5) is 0 Å². The summed E-state index contributed by atoms with van der Waals surface area (Å²) in [5.41, 5.74) is 19.8. The van der Waals surface area contributed by atoms with Crippen molar-refractivity contribution in [1.29, 1.82) is 0 Å². The highest BCUT2D eigenvalue weighted by Crippen LogP contribution is 2.41. The van der Waals surface area contributed by atoms with Crippen molar-refractivity contribution in [2.24, 2.45) is 0 Å². The van der Waals surface area contributed by atoms with Gasteiger partial charge in [0.2, 0.25) is 0 Å². The van der Waals surface area contributed by atoms with Gasteiger partial charge in [0, 0.05) is 22.1 Å². The smallest absolute Gasteiger partial charge is 0.0851 e. The number of fused-ring (bicyclic) bond motifs is 8. The molecular formula is C40H46N4. The fourth-order valence-corrected chi connectivity index (χ4v) is 7.41. The van der Waals surface area contributed by atoms with E-state index in [2.05, 4.69) is 101 Å². The van der Waals surface area contributed by atoms with E-state index in [1.54, 1.807) is 0 Å². The number of allylic oxidation sites excluding steroid dienone is 4. The molecule has 5 heterocycles. The van der Waals surface area contributed by atoms with Crippen molar-refractivity contribution in [3.05, 3.63) is 68.8 Å². The lowest BCUT2D eigenvalue weighted by Gasteiger charge is -2.08. The van der Waals surface area contributed by atoms with Gasteiger partial charge >= 0.3 is 0 Å². The maximum absolute atomic E-state index is 5.71. The molecule has 0 amide bonds. The second kappa shape index (κ2) is 13.2. The van der Waals surface area contributed by atoms with Crippen LogP contribution in [-0.2, 0) is 25.7 Å². The van der Waals surface area contributed by atoms with Gasteiger partial charge in [-0.1, -0.05) is 55.4 Å². The molecular weight excluding hydrogens is 536 g/mol. The maximum Gasteiger partial charge on any atom is 0.0851 e. The summed E-state index contributed by atoms with van der Waals surface area (Å²) in [4.78, 5) is 18.4.